The number of amides is 1. The Kier molecular flexibility index (Phi) is 4.64. The average molecular weight is 289 g/mol. The fourth-order valence-electron chi connectivity index (χ4n) is 1.97. The standard InChI is InChI=1S/C16H17ClN2O/c1-11(12-6-3-2-4-7-12)10-19-16(20)13-8-5-9-14(18)15(13)17/h2-9,11H,10,18H2,1H3,(H,19,20). The van der Waals surface area contributed by atoms with Crippen LogP contribution in [0.2, 0.25) is 5.02 Å². The number of nitrogens with two attached hydrogens (primary N) is 1. The minimum atomic E-state index is -0.204. The van der Waals surface area contributed by atoms with E-state index in [4.69, 9.17) is 17.3 Å². The van der Waals surface area contributed by atoms with E-state index in [9.17, 15) is 4.79 Å². The van der Waals surface area contributed by atoms with Crippen LogP contribution >= 0.6 is 11.6 Å². The number of nitrogen functional groups attached to an aromatic ring is 1. The molecule has 4 heteroatoms. The van der Waals surface area contributed by atoms with E-state index in [-0.39, 0.29) is 11.8 Å². The van der Waals surface area contributed by atoms with Crippen LogP contribution in [0.5, 0.6) is 0 Å². The Balaban J connectivity index is 2.01. The molecule has 0 heterocycles. The van der Waals surface area contributed by atoms with Crippen molar-refractivity contribution in [1.29, 1.82) is 0 Å². The molecule has 0 saturated heterocycles. The second kappa shape index (κ2) is 6.44. The van der Waals surface area contributed by atoms with Crippen LogP contribution < -0.4 is 11.1 Å². The Morgan fingerprint density at radius 3 is 2.60 bits per heavy atom. The SMILES string of the molecule is CC(CNC(=O)c1cccc(N)c1Cl)c1ccccc1. The fraction of sp³-hybridized carbons (Fsp3) is 0.188. The Hall–Kier alpha value is -2.00. The highest BCUT2D eigenvalue weighted by Crippen LogP contribution is 2.23. The van der Waals surface area contributed by atoms with E-state index < -0.39 is 0 Å². The van der Waals surface area contributed by atoms with Gasteiger partial charge in [-0.2, -0.15) is 0 Å². The van der Waals surface area contributed by atoms with Crippen molar-refractivity contribution in [3.8, 4) is 0 Å². The Morgan fingerprint density at radius 2 is 1.90 bits per heavy atom. The molecule has 1 unspecified atom stereocenters. The van der Waals surface area contributed by atoms with Gasteiger partial charge in [0.1, 0.15) is 0 Å². The smallest absolute Gasteiger partial charge is 0.252 e. The maximum atomic E-state index is 12.1. The van der Waals surface area contributed by atoms with Crippen molar-refractivity contribution in [2.45, 2.75) is 12.8 Å². The quantitative estimate of drug-likeness (QED) is 0.847. The molecule has 2 aromatic rings. The summed E-state index contributed by atoms with van der Waals surface area (Å²) in [7, 11) is 0. The zero-order valence-electron chi connectivity index (χ0n) is 11.3. The topological polar surface area (TPSA) is 55.1 Å². The zero-order valence-corrected chi connectivity index (χ0v) is 12.0. The van der Waals surface area contributed by atoms with E-state index in [0.29, 0.717) is 22.8 Å². The van der Waals surface area contributed by atoms with Gasteiger partial charge in [-0.15, -0.1) is 0 Å². The van der Waals surface area contributed by atoms with Gasteiger partial charge in [-0.05, 0) is 23.6 Å². The maximum Gasteiger partial charge on any atom is 0.252 e. The van der Waals surface area contributed by atoms with E-state index in [1.54, 1.807) is 18.2 Å². The summed E-state index contributed by atoms with van der Waals surface area (Å²) in [6.07, 6.45) is 0. The van der Waals surface area contributed by atoms with Gasteiger partial charge < -0.3 is 11.1 Å². The lowest BCUT2D eigenvalue weighted by molar-refractivity contribution is 0.0952. The summed E-state index contributed by atoms with van der Waals surface area (Å²) >= 11 is 6.03. The molecule has 3 N–H and O–H groups in total. The molecule has 1 amide bonds. The molecule has 0 aromatic heterocycles. The summed E-state index contributed by atoms with van der Waals surface area (Å²) in [6.45, 7) is 2.62. The predicted molar refractivity (Wildman–Crippen MR) is 83.1 cm³/mol. The summed E-state index contributed by atoms with van der Waals surface area (Å²) < 4.78 is 0. The highest BCUT2D eigenvalue weighted by atomic mass is 35.5. The lowest BCUT2D eigenvalue weighted by atomic mass is 10.0. The Labute approximate surface area is 123 Å². The molecule has 2 aromatic carbocycles. The van der Waals surface area contributed by atoms with E-state index in [2.05, 4.69) is 12.2 Å². The number of anilines is 1. The molecular formula is C16H17ClN2O. The third-order valence-electron chi connectivity index (χ3n) is 3.21. The first-order valence-corrected chi connectivity index (χ1v) is 6.84. The number of rotatable bonds is 4. The first kappa shape index (κ1) is 14.4. The van der Waals surface area contributed by atoms with Gasteiger partial charge >= 0.3 is 0 Å². The highest BCUT2D eigenvalue weighted by molar-refractivity contribution is 6.36. The Bertz CT molecular complexity index is 599. The molecule has 0 radical (unpaired) electrons. The van der Waals surface area contributed by atoms with Crippen molar-refractivity contribution in [2.24, 2.45) is 0 Å². The second-order valence-corrected chi connectivity index (χ2v) is 5.11. The molecule has 0 aliphatic rings. The first-order valence-electron chi connectivity index (χ1n) is 6.46. The molecule has 1 atom stereocenters. The third-order valence-corrected chi connectivity index (χ3v) is 3.63. The summed E-state index contributed by atoms with van der Waals surface area (Å²) in [5.74, 6) is 0.0325. The van der Waals surface area contributed by atoms with Gasteiger partial charge in [-0.1, -0.05) is 54.9 Å². The monoisotopic (exact) mass is 288 g/mol. The molecule has 0 spiro atoms. The number of hydrogen-bond donors (Lipinski definition) is 2. The van der Waals surface area contributed by atoms with Crippen LogP contribution in [-0.4, -0.2) is 12.5 Å². The lowest BCUT2D eigenvalue weighted by Crippen LogP contribution is -2.27. The van der Waals surface area contributed by atoms with Crippen molar-refractivity contribution < 1.29 is 4.79 Å². The maximum absolute atomic E-state index is 12.1. The molecule has 104 valence electrons. The number of carbonyl (C=O) groups excluding carboxylic acids is 1. The van der Waals surface area contributed by atoms with E-state index in [0.717, 1.165) is 0 Å². The van der Waals surface area contributed by atoms with Gasteiger partial charge in [0.05, 0.1) is 16.3 Å². The van der Waals surface area contributed by atoms with Gasteiger partial charge in [0.15, 0.2) is 0 Å². The van der Waals surface area contributed by atoms with Crippen LogP contribution in [0.3, 0.4) is 0 Å². The molecule has 0 aliphatic heterocycles. The minimum Gasteiger partial charge on any atom is -0.398 e. The summed E-state index contributed by atoms with van der Waals surface area (Å²) in [5, 5.41) is 3.19. The van der Waals surface area contributed by atoms with Gasteiger partial charge in [-0.3, -0.25) is 4.79 Å². The van der Waals surface area contributed by atoms with Gasteiger partial charge in [0.25, 0.3) is 5.91 Å². The molecule has 0 fully saturated rings. The summed E-state index contributed by atoms with van der Waals surface area (Å²) in [4.78, 5) is 12.1. The van der Waals surface area contributed by atoms with Crippen molar-refractivity contribution in [3.05, 3.63) is 64.7 Å². The highest BCUT2D eigenvalue weighted by Gasteiger charge is 2.13. The van der Waals surface area contributed by atoms with Crippen LogP contribution in [0, 0.1) is 0 Å². The summed E-state index contributed by atoms with van der Waals surface area (Å²) in [6, 6.07) is 15.1. The number of halogens is 1. The lowest BCUT2D eigenvalue weighted by Gasteiger charge is -2.14. The van der Waals surface area contributed by atoms with Crippen molar-refractivity contribution in [1.82, 2.24) is 5.32 Å². The second-order valence-electron chi connectivity index (χ2n) is 4.73. The van der Waals surface area contributed by atoms with E-state index in [1.165, 1.54) is 5.56 Å². The van der Waals surface area contributed by atoms with Crippen molar-refractivity contribution >= 4 is 23.2 Å². The van der Waals surface area contributed by atoms with Crippen LogP contribution in [-0.2, 0) is 0 Å². The molecular weight excluding hydrogens is 272 g/mol. The van der Waals surface area contributed by atoms with Crippen LogP contribution in [0.4, 0.5) is 5.69 Å². The predicted octanol–water partition coefficient (Wildman–Crippen LogP) is 3.46. The number of carbonyl (C=O) groups is 1. The van der Waals surface area contributed by atoms with Crippen LogP contribution in [0.25, 0.3) is 0 Å². The molecule has 0 bridgehead atoms. The van der Waals surface area contributed by atoms with E-state index >= 15 is 0 Å². The van der Waals surface area contributed by atoms with Crippen LogP contribution in [0.15, 0.2) is 48.5 Å². The average Bonchev–Trinajstić information content (AvgIpc) is 2.48. The van der Waals surface area contributed by atoms with Crippen molar-refractivity contribution in [2.75, 3.05) is 12.3 Å². The normalized spacial score (nSPS) is 11.9. The molecule has 20 heavy (non-hydrogen) atoms. The summed E-state index contributed by atoms with van der Waals surface area (Å²) in [5.41, 5.74) is 7.70. The minimum absolute atomic E-state index is 0.204. The molecule has 3 nitrogen and oxygen atoms in total. The fourth-order valence-corrected chi connectivity index (χ4v) is 2.18. The van der Waals surface area contributed by atoms with Crippen LogP contribution in [0.1, 0.15) is 28.8 Å². The molecule has 2 rings (SSSR count). The number of nitrogens with one attached hydrogen (secondary N) is 1. The number of hydrogen-bond acceptors (Lipinski definition) is 2. The van der Waals surface area contributed by atoms with Gasteiger partial charge in [0.2, 0.25) is 0 Å². The largest absolute Gasteiger partial charge is 0.398 e. The third kappa shape index (κ3) is 3.31. The van der Waals surface area contributed by atoms with Gasteiger partial charge in [-0.25, -0.2) is 0 Å². The number of benzene rings is 2. The van der Waals surface area contributed by atoms with Crippen molar-refractivity contribution in [3.63, 3.8) is 0 Å². The molecule has 0 aliphatic carbocycles. The Morgan fingerprint density at radius 1 is 1.20 bits per heavy atom. The van der Waals surface area contributed by atoms with Gasteiger partial charge in [0, 0.05) is 6.54 Å². The van der Waals surface area contributed by atoms with E-state index in [1.807, 2.05) is 30.3 Å². The first-order chi connectivity index (χ1) is 9.59. The molecule has 0 saturated carbocycles. The zero-order chi connectivity index (χ0) is 14.5.